The van der Waals surface area contributed by atoms with Crippen LogP contribution in [0.5, 0.6) is 5.75 Å². The van der Waals surface area contributed by atoms with Gasteiger partial charge in [0.05, 0.1) is 0 Å². The number of nitrogens with zero attached hydrogens (tertiary/aromatic N) is 1. The molecule has 0 aromatic heterocycles. The van der Waals surface area contributed by atoms with E-state index < -0.39 is 0 Å². The zero-order chi connectivity index (χ0) is 10.1. The van der Waals surface area contributed by atoms with Crippen LogP contribution in [-0.4, -0.2) is 24.2 Å². The summed E-state index contributed by atoms with van der Waals surface area (Å²) in [5, 5.41) is 0. The van der Waals surface area contributed by atoms with E-state index in [0.717, 1.165) is 12.2 Å². The SMILES string of the molecule is c1ccc2c(c1)CC(N1CCCCC1)O2. The maximum atomic E-state index is 5.97. The molecule has 2 heteroatoms. The molecule has 3 rings (SSSR count). The van der Waals surface area contributed by atoms with Crippen LogP contribution in [0.2, 0.25) is 0 Å². The van der Waals surface area contributed by atoms with Crippen LogP contribution in [0.4, 0.5) is 0 Å². The number of hydrogen-bond donors (Lipinski definition) is 0. The number of likely N-dealkylation sites (tertiary alicyclic amines) is 1. The average Bonchev–Trinajstić information content (AvgIpc) is 2.74. The van der Waals surface area contributed by atoms with Gasteiger partial charge >= 0.3 is 0 Å². The van der Waals surface area contributed by atoms with Crippen molar-refractivity contribution in [2.75, 3.05) is 13.1 Å². The molecule has 0 spiro atoms. The van der Waals surface area contributed by atoms with Gasteiger partial charge in [-0.05, 0) is 24.5 Å². The van der Waals surface area contributed by atoms with Crippen molar-refractivity contribution in [2.24, 2.45) is 0 Å². The maximum Gasteiger partial charge on any atom is 0.156 e. The Kier molecular flexibility index (Phi) is 2.37. The molecule has 1 aromatic carbocycles. The average molecular weight is 203 g/mol. The zero-order valence-corrected chi connectivity index (χ0v) is 8.98. The Morgan fingerprint density at radius 2 is 1.87 bits per heavy atom. The molecule has 1 fully saturated rings. The van der Waals surface area contributed by atoms with Crippen molar-refractivity contribution in [3.63, 3.8) is 0 Å². The van der Waals surface area contributed by atoms with Crippen LogP contribution < -0.4 is 4.74 Å². The summed E-state index contributed by atoms with van der Waals surface area (Å²) in [6.45, 7) is 2.41. The number of rotatable bonds is 1. The van der Waals surface area contributed by atoms with E-state index in [-0.39, 0.29) is 0 Å². The van der Waals surface area contributed by atoms with Crippen molar-refractivity contribution in [3.05, 3.63) is 29.8 Å². The van der Waals surface area contributed by atoms with Gasteiger partial charge in [-0.2, -0.15) is 0 Å². The molecule has 1 atom stereocenters. The second-order valence-corrected chi connectivity index (χ2v) is 4.48. The van der Waals surface area contributed by atoms with Crippen LogP contribution in [0, 0.1) is 0 Å². The molecule has 15 heavy (non-hydrogen) atoms. The zero-order valence-electron chi connectivity index (χ0n) is 8.98. The van der Waals surface area contributed by atoms with Crippen molar-refractivity contribution in [1.82, 2.24) is 4.90 Å². The van der Waals surface area contributed by atoms with Crippen LogP contribution in [0.1, 0.15) is 24.8 Å². The Hall–Kier alpha value is -1.02. The third-order valence-electron chi connectivity index (χ3n) is 3.43. The summed E-state index contributed by atoms with van der Waals surface area (Å²) in [6.07, 6.45) is 5.42. The molecule has 0 N–H and O–H groups in total. The van der Waals surface area contributed by atoms with Gasteiger partial charge in [-0.1, -0.05) is 24.6 Å². The lowest BCUT2D eigenvalue weighted by molar-refractivity contribution is 0.0288. The Morgan fingerprint density at radius 3 is 2.67 bits per heavy atom. The van der Waals surface area contributed by atoms with Crippen LogP contribution in [0.3, 0.4) is 0 Å². The fraction of sp³-hybridized carbons (Fsp3) is 0.538. The topological polar surface area (TPSA) is 12.5 Å². The minimum atomic E-state index is 0.308. The van der Waals surface area contributed by atoms with E-state index in [9.17, 15) is 0 Å². The molecule has 2 aliphatic rings. The van der Waals surface area contributed by atoms with E-state index in [1.807, 2.05) is 0 Å². The van der Waals surface area contributed by atoms with E-state index >= 15 is 0 Å². The van der Waals surface area contributed by atoms with Gasteiger partial charge in [0, 0.05) is 19.5 Å². The van der Waals surface area contributed by atoms with Crippen LogP contribution in [0.15, 0.2) is 24.3 Å². The second-order valence-electron chi connectivity index (χ2n) is 4.48. The van der Waals surface area contributed by atoms with Gasteiger partial charge in [0.15, 0.2) is 6.23 Å². The van der Waals surface area contributed by atoms with E-state index in [2.05, 4.69) is 29.2 Å². The molecular formula is C13H17NO. The van der Waals surface area contributed by atoms with Gasteiger partial charge in [0.25, 0.3) is 0 Å². The maximum absolute atomic E-state index is 5.97. The summed E-state index contributed by atoms with van der Waals surface area (Å²) in [5.74, 6) is 1.09. The minimum Gasteiger partial charge on any atom is -0.474 e. The van der Waals surface area contributed by atoms with E-state index in [1.165, 1.54) is 37.9 Å². The van der Waals surface area contributed by atoms with Crippen LogP contribution >= 0.6 is 0 Å². The lowest BCUT2D eigenvalue weighted by atomic mass is 10.1. The summed E-state index contributed by atoms with van der Waals surface area (Å²) in [5.41, 5.74) is 1.37. The molecule has 2 nitrogen and oxygen atoms in total. The molecule has 0 saturated carbocycles. The summed E-state index contributed by atoms with van der Waals surface area (Å²) < 4.78 is 5.97. The molecule has 0 aliphatic carbocycles. The molecule has 1 unspecified atom stereocenters. The van der Waals surface area contributed by atoms with Crippen molar-refractivity contribution in [1.29, 1.82) is 0 Å². The Morgan fingerprint density at radius 1 is 1.07 bits per heavy atom. The number of para-hydroxylation sites is 1. The molecule has 2 heterocycles. The van der Waals surface area contributed by atoms with E-state index in [0.29, 0.717) is 6.23 Å². The van der Waals surface area contributed by atoms with Gasteiger partial charge in [-0.3, -0.25) is 4.90 Å². The van der Waals surface area contributed by atoms with E-state index in [4.69, 9.17) is 4.74 Å². The lowest BCUT2D eigenvalue weighted by Crippen LogP contribution is -2.41. The van der Waals surface area contributed by atoms with Crippen molar-refractivity contribution >= 4 is 0 Å². The first kappa shape index (κ1) is 9.22. The first-order valence-electron chi connectivity index (χ1n) is 5.92. The molecule has 80 valence electrons. The molecule has 0 radical (unpaired) electrons. The monoisotopic (exact) mass is 203 g/mol. The normalized spacial score (nSPS) is 26.0. The summed E-state index contributed by atoms with van der Waals surface area (Å²) in [7, 11) is 0. The highest BCUT2D eigenvalue weighted by molar-refractivity contribution is 5.37. The Labute approximate surface area is 90.8 Å². The number of ether oxygens (including phenoxy) is 1. The smallest absolute Gasteiger partial charge is 0.156 e. The van der Waals surface area contributed by atoms with Gasteiger partial charge in [-0.25, -0.2) is 0 Å². The number of hydrogen-bond acceptors (Lipinski definition) is 2. The molecule has 0 bridgehead atoms. The predicted molar refractivity (Wildman–Crippen MR) is 60.0 cm³/mol. The highest BCUT2D eigenvalue weighted by atomic mass is 16.5. The summed E-state index contributed by atoms with van der Waals surface area (Å²) in [6, 6.07) is 8.41. The molecular weight excluding hydrogens is 186 g/mol. The summed E-state index contributed by atoms with van der Waals surface area (Å²) in [4.78, 5) is 2.49. The Balaban J connectivity index is 1.72. The highest BCUT2D eigenvalue weighted by Crippen LogP contribution is 2.30. The lowest BCUT2D eigenvalue weighted by Gasteiger charge is -2.31. The highest BCUT2D eigenvalue weighted by Gasteiger charge is 2.28. The van der Waals surface area contributed by atoms with E-state index in [1.54, 1.807) is 0 Å². The molecule has 1 aromatic rings. The number of benzene rings is 1. The van der Waals surface area contributed by atoms with Gasteiger partial charge in [0.1, 0.15) is 5.75 Å². The quantitative estimate of drug-likeness (QED) is 0.695. The fourth-order valence-electron chi connectivity index (χ4n) is 2.57. The fourth-order valence-corrected chi connectivity index (χ4v) is 2.57. The van der Waals surface area contributed by atoms with Gasteiger partial charge in [-0.15, -0.1) is 0 Å². The van der Waals surface area contributed by atoms with Crippen LogP contribution in [-0.2, 0) is 6.42 Å². The van der Waals surface area contributed by atoms with Gasteiger partial charge in [0.2, 0.25) is 0 Å². The summed E-state index contributed by atoms with van der Waals surface area (Å²) >= 11 is 0. The van der Waals surface area contributed by atoms with Gasteiger partial charge < -0.3 is 4.74 Å². The number of fused-ring (bicyclic) bond motifs is 1. The molecule has 1 saturated heterocycles. The van der Waals surface area contributed by atoms with Crippen molar-refractivity contribution < 1.29 is 4.74 Å². The number of piperidine rings is 1. The third-order valence-corrected chi connectivity index (χ3v) is 3.43. The largest absolute Gasteiger partial charge is 0.474 e. The third kappa shape index (κ3) is 1.74. The predicted octanol–water partition coefficient (Wildman–Crippen LogP) is 2.43. The van der Waals surface area contributed by atoms with Crippen LogP contribution in [0.25, 0.3) is 0 Å². The molecule has 0 amide bonds. The van der Waals surface area contributed by atoms with Crippen molar-refractivity contribution in [2.45, 2.75) is 31.9 Å². The first-order valence-corrected chi connectivity index (χ1v) is 5.92. The first-order chi connectivity index (χ1) is 7.43. The minimum absolute atomic E-state index is 0.308. The molecule has 2 aliphatic heterocycles. The second kappa shape index (κ2) is 3.86. The van der Waals surface area contributed by atoms with Crippen molar-refractivity contribution in [3.8, 4) is 5.75 Å². The Bertz CT molecular complexity index is 319. The standard InChI is InChI=1S/C13H17NO/c1-4-8-14(9-5-1)13-10-11-6-2-3-7-12(11)15-13/h2-3,6-7,13H,1,4-5,8-10H2.